The van der Waals surface area contributed by atoms with E-state index in [-0.39, 0.29) is 5.56 Å². The summed E-state index contributed by atoms with van der Waals surface area (Å²) in [6.07, 6.45) is 2.45. The third-order valence-corrected chi connectivity index (χ3v) is 7.28. The topological polar surface area (TPSA) is 83.8 Å². The van der Waals surface area contributed by atoms with E-state index < -0.39 is 29.6 Å². The summed E-state index contributed by atoms with van der Waals surface area (Å²) in [6.45, 7) is -0.966. The minimum absolute atomic E-state index is 0.242. The lowest BCUT2D eigenvalue weighted by Gasteiger charge is -2.44. The molecule has 0 radical (unpaired) electrons. The number of nitriles is 1. The smallest absolute Gasteiger partial charge is 0.345 e. The summed E-state index contributed by atoms with van der Waals surface area (Å²) in [5.41, 5.74) is 9.07. The van der Waals surface area contributed by atoms with Crippen LogP contribution in [0.15, 0.2) is 46.4 Å². The molecule has 0 aromatic heterocycles. The van der Waals surface area contributed by atoms with E-state index >= 15 is 0 Å². The summed E-state index contributed by atoms with van der Waals surface area (Å²) in [5, 5.41) is 9.23. The number of nitrogens with two attached hydrogens (primary N) is 1. The zero-order valence-electron chi connectivity index (χ0n) is 18.1. The Morgan fingerprint density at radius 1 is 1.12 bits per heavy atom. The zero-order valence-corrected chi connectivity index (χ0v) is 18.1. The lowest BCUT2D eigenvalue weighted by molar-refractivity contribution is -0.177. The summed E-state index contributed by atoms with van der Waals surface area (Å²) < 4.78 is 44.4. The summed E-state index contributed by atoms with van der Waals surface area (Å²) in [6, 6.07) is 12.1. The Kier molecular flexibility index (Phi) is 5.05. The number of aliphatic imine (C=N–C) groups is 2. The van der Waals surface area contributed by atoms with Crippen LogP contribution < -0.4 is 5.73 Å². The van der Waals surface area contributed by atoms with Crippen molar-refractivity contribution >= 4 is 11.5 Å². The molecule has 0 amide bonds. The molecule has 2 aliphatic carbocycles. The Balaban J connectivity index is 1.59. The largest absolute Gasteiger partial charge is 0.382 e. The van der Waals surface area contributed by atoms with Gasteiger partial charge in [-0.3, -0.25) is 4.99 Å². The number of hydrogen-bond donors (Lipinski definition) is 1. The van der Waals surface area contributed by atoms with Crippen LogP contribution >= 0.6 is 0 Å². The van der Waals surface area contributed by atoms with Crippen molar-refractivity contribution in [3.8, 4) is 17.2 Å². The highest BCUT2D eigenvalue weighted by molar-refractivity contribution is 6.41. The average molecular weight is 452 g/mol. The number of amidine groups is 1. The number of nitrogens with zero attached hydrogens (tertiary/aromatic N) is 3. The maximum Gasteiger partial charge on any atom is 0.345 e. The Hall–Kier alpha value is -3.18. The van der Waals surface area contributed by atoms with Crippen LogP contribution in [0, 0.1) is 22.6 Å². The molecule has 5 rings (SSSR count). The maximum atomic E-state index is 14.1. The third-order valence-electron chi connectivity index (χ3n) is 7.28. The fourth-order valence-corrected chi connectivity index (χ4v) is 5.72. The van der Waals surface area contributed by atoms with Crippen LogP contribution in [0.2, 0.25) is 0 Å². The minimum Gasteiger partial charge on any atom is -0.382 e. The molecule has 33 heavy (non-hydrogen) atoms. The van der Waals surface area contributed by atoms with Gasteiger partial charge in [0.05, 0.1) is 23.4 Å². The highest BCUT2D eigenvalue weighted by Gasteiger charge is 2.60. The second-order valence-corrected chi connectivity index (χ2v) is 9.13. The van der Waals surface area contributed by atoms with Crippen LogP contribution in [-0.4, -0.2) is 24.3 Å². The molecule has 170 valence electrons. The number of alkyl halides is 2. The number of hydrogen-bond acceptors (Lipinski definition) is 5. The Bertz CT molecular complexity index is 1200. The van der Waals surface area contributed by atoms with Crippen molar-refractivity contribution in [2.75, 3.05) is 0 Å². The van der Waals surface area contributed by atoms with Gasteiger partial charge in [0.1, 0.15) is 11.7 Å². The van der Waals surface area contributed by atoms with Crippen molar-refractivity contribution in [2.24, 2.45) is 21.1 Å². The Morgan fingerprint density at radius 2 is 1.88 bits per heavy atom. The predicted molar refractivity (Wildman–Crippen MR) is 118 cm³/mol. The van der Waals surface area contributed by atoms with Gasteiger partial charge in [-0.2, -0.15) is 14.0 Å². The van der Waals surface area contributed by atoms with Crippen LogP contribution in [0.4, 0.5) is 13.2 Å². The van der Waals surface area contributed by atoms with E-state index in [1.165, 1.54) is 12.1 Å². The summed E-state index contributed by atoms with van der Waals surface area (Å²) >= 11 is 0. The highest BCUT2D eigenvalue weighted by Crippen LogP contribution is 2.62. The average Bonchev–Trinajstić information content (AvgIpc) is 3.22. The molecule has 2 aromatic rings. The zero-order chi connectivity index (χ0) is 23.4. The fraction of sp³-hybridized carbons (Fsp3) is 0.400. The van der Waals surface area contributed by atoms with Gasteiger partial charge in [-0.05, 0) is 80.0 Å². The first-order valence-corrected chi connectivity index (χ1v) is 11.0. The molecule has 8 heteroatoms. The SMILES string of the molecule is CC1=N[C@]2(N=C1N)c1cc(-c3cc(F)cc(C#N)c3)ccc1CC21CCC(OC(F)F)CC1. The summed E-state index contributed by atoms with van der Waals surface area (Å²) in [4.78, 5) is 9.83. The molecule has 2 N–H and O–H groups in total. The molecule has 1 aliphatic heterocycles. The standard InChI is InChI=1S/C25H23F3N4O/c1-14-22(30)32-25(31-14)21-11-16(18-8-15(13-29)9-19(26)10-18)2-3-17(21)12-24(25)6-4-20(5-7-24)33-23(27)28/h2-3,8-11,20,23H,4-7,12H2,1H3,(H2,30,32)/t20?,24?,25-/m0/s1. The van der Waals surface area contributed by atoms with Crippen LogP contribution in [0.25, 0.3) is 11.1 Å². The molecule has 2 spiro atoms. The van der Waals surface area contributed by atoms with Gasteiger partial charge in [-0.1, -0.05) is 12.1 Å². The van der Waals surface area contributed by atoms with E-state index in [9.17, 15) is 18.4 Å². The molecule has 1 fully saturated rings. The van der Waals surface area contributed by atoms with Crippen LogP contribution in [-0.2, 0) is 16.8 Å². The molecule has 0 bridgehead atoms. The monoisotopic (exact) mass is 452 g/mol. The van der Waals surface area contributed by atoms with Gasteiger partial charge in [-0.15, -0.1) is 0 Å². The summed E-state index contributed by atoms with van der Waals surface area (Å²) in [5.74, 6) is -0.110. The molecule has 1 heterocycles. The van der Waals surface area contributed by atoms with Gasteiger partial charge in [0.15, 0.2) is 5.66 Å². The number of benzene rings is 2. The van der Waals surface area contributed by atoms with Gasteiger partial charge in [0.2, 0.25) is 0 Å². The first-order chi connectivity index (χ1) is 15.7. The molecule has 3 aliphatic rings. The van der Waals surface area contributed by atoms with E-state index in [0.29, 0.717) is 49.2 Å². The van der Waals surface area contributed by atoms with E-state index in [4.69, 9.17) is 20.5 Å². The molecule has 0 unspecified atom stereocenters. The number of halogens is 3. The van der Waals surface area contributed by atoms with Crippen molar-refractivity contribution < 1.29 is 17.9 Å². The fourth-order valence-electron chi connectivity index (χ4n) is 5.72. The van der Waals surface area contributed by atoms with Crippen molar-refractivity contribution in [3.05, 3.63) is 58.9 Å². The first-order valence-electron chi connectivity index (χ1n) is 11.0. The molecule has 2 aromatic carbocycles. The molecule has 1 atom stereocenters. The van der Waals surface area contributed by atoms with Crippen LogP contribution in [0.5, 0.6) is 0 Å². The van der Waals surface area contributed by atoms with E-state index in [0.717, 1.165) is 16.7 Å². The first kappa shape index (κ1) is 21.7. The van der Waals surface area contributed by atoms with Crippen LogP contribution in [0.1, 0.15) is 49.3 Å². The van der Waals surface area contributed by atoms with Crippen LogP contribution in [0.3, 0.4) is 0 Å². The molecule has 1 saturated carbocycles. The third kappa shape index (κ3) is 3.42. The Morgan fingerprint density at radius 3 is 2.52 bits per heavy atom. The second-order valence-electron chi connectivity index (χ2n) is 9.13. The predicted octanol–water partition coefficient (Wildman–Crippen LogP) is 5.07. The van der Waals surface area contributed by atoms with Crippen molar-refractivity contribution in [1.82, 2.24) is 0 Å². The maximum absolute atomic E-state index is 14.1. The van der Waals surface area contributed by atoms with E-state index in [2.05, 4.69) is 0 Å². The Labute approximate surface area is 189 Å². The van der Waals surface area contributed by atoms with E-state index in [1.807, 2.05) is 31.2 Å². The minimum atomic E-state index is -2.79. The number of rotatable bonds is 3. The van der Waals surface area contributed by atoms with Gasteiger partial charge >= 0.3 is 6.61 Å². The molecular formula is C25H23F3N4O. The highest BCUT2D eigenvalue weighted by atomic mass is 19.3. The number of ether oxygens (including phenoxy) is 1. The molecular weight excluding hydrogens is 429 g/mol. The van der Waals surface area contributed by atoms with Crippen molar-refractivity contribution in [2.45, 2.75) is 57.4 Å². The molecule has 5 nitrogen and oxygen atoms in total. The van der Waals surface area contributed by atoms with Gasteiger partial charge in [0.25, 0.3) is 0 Å². The van der Waals surface area contributed by atoms with Gasteiger partial charge in [0, 0.05) is 11.0 Å². The lowest BCUT2D eigenvalue weighted by atomic mass is 9.65. The quantitative estimate of drug-likeness (QED) is 0.706. The van der Waals surface area contributed by atoms with Crippen molar-refractivity contribution in [1.29, 1.82) is 5.26 Å². The summed E-state index contributed by atoms with van der Waals surface area (Å²) in [7, 11) is 0. The lowest BCUT2D eigenvalue weighted by Crippen LogP contribution is -2.43. The molecule has 0 saturated heterocycles. The van der Waals surface area contributed by atoms with Gasteiger partial charge < -0.3 is 10.5 Å². The van der Waals surface area contributed by atoms with Crippen molar-refractivity contribution in [3.63, 3.8) is 0 Å². The van der Waals surface area contributed by atoms with E-state index in [1.54, 1.807) is 6.07 Å². The second kappa shape index (κ2) is 7.70. The van der Waals surface area contributed by atoms with Gasteiger partial charge in [-0.25, -0.2) is 9.38 Å². The number of fused-ring (bicyclic) bond motifs is 3. The normalized spacial score (nSPS) is 28.2.